The third-order valence-electron chi connectivity index (χ3n) is 2.70. The number of hydrogen-bond acceptors (Lipinski definition) is 3. The van der Waals surface area contributed by atoms with Crippen LogP contribution in [0.3, 0.4) is 0 Å². The van der Waals surface area contributed by atoms with E-state index in [-0.39, 0.29) is 6.04 Å². The summed E-state index contributed by atoms with van der Waals surface area (Å²) in [4.78, 5) is 4.18. The van der Waals surface area contributed by atoms with E-state index in [2.05, 4.69) is 40.5 Å². The van der Waals surface area contributed by atoms with E-state index in [0.717, 1.165) is 11.6 Å². The van der Waals surface area contributed by atoms with Crippen molar-refractivity contribution in [2.75, 3.05) is 5.32 Å². The van der Waals surface area contributed by atoms with Crippen molar-refractivity contribution < 1.29 is 0 Å². The van der Waals surface area contributed by atoms with Crippen LogP contribution in [-0.2, 0) is 0 Å². The Morgan fingerprint density at radius 1 is 1.25 bits per heavy atom. The molecule has 0 fully saturated rings. The van der Waals surface area contributed by atoms with Crippen molar-refractivity contribution in [3.05, 3.63) is 48.3 Å². The van der Waals surface area contributed by atoms with E-state index in [1.165, 1.54) is 5.56 Å². The Bertz CT molecular complexity index is 527. The second kappa shape index (κ2) is 3.48. The minimum Gasteiger partial charge on any atom is -0.324 e. The average molecular weight is 212 g/mol. The van der Waals surface area contributed by atoms with Gasteiger partial charge in [0.2, 0.25) is 5.95 Å². The number of rotatable bonds is 1. The Kier molecular flexibility index (Phi) is 1.99. The molecule has 1 aliphatic rings. The van der Waals surface area contributed by atoms with Gasteiger partial charge in [0.15, 0.2) is 0 Å². The molecular formula is C12H12N4. The Morgan fingerprint density at radius 2 is 2.06 bits per heavy atom. The van der Waals surface area contributed by atoms with Crippen molar-refractivity contribution >= 4 is 11.6 Å². The predicted molar refractivity (Wildman–Crippen MR) is 62.8 cm³/mol. The smallest absolute Gasteiger partial charge is 0.226 e. The minimum absolute atomic E-state index is 0.231. The molecule has 80 valence electrons. The number of nitrogens with one attached hydrogen (secondary N) is 1. The van der Waals surface area contributed by atoms with E-state index in [0.29, 0.717) is 0 Å². The molecule has 16 heavy (non-hydrogen) atoms. The Labute approximate surface area is 93.6 Å². The van der Waals surface area contributed by atoms with Crippen LogP contribution in [0, 0.1) is 0 Å². The van der Waals surface area contributed by atoms with Gasteiger partial charge >= 0.3 is 0 Å². The molecule has 2 heterocycles. The maximum Gasteiger partial charge on any atom is 0.226 e. The standard InChI is InChI=1S/C12H12N4/c1-9-7-11(10-5-3-2-4-6-10)15-12-13-8-14-16(9)12/h2-9H,1H3,(H,13,14,15)/t9-/m0/s1. The quantitative estimate of drug-likeness (QED) is 0.788. The number of anilines is 1. The molecule has 0 bridgehead atoms. The Hall–Kier alpha value is -2.10. The highest BCUT2D eigenvalue weighted by Crippen LogP contribution is 2.26. The zero-order chi connectivity index (χ0) is 11.0. The molecule has 1 aromatic heterocycles. The molecule has 1 aromatic carbocycles. The highest BCUT2D eigenvalue weighted by molar-refractivity contribution is 5.76. The van der Waals surface area contributed by atoms with Gasteiger partial charge in [-0.2, -0.15) is 10.1 Å². The van der Waals surface area contributed by atoms with Crippen molar-refractivity contribution in [3.8, 4) is 0 Å². The van der Waals surface area contributed by atoms with Crippen LogP contribution in [0.2, 0.25) is 0 Å². The molecule has 0 spiro atoms. The SMILES string of the molecule is C[C@H]1C=C(c2ccccc2)Nc2ncnn21. The fraction of sp³-hybridized carbons (Fsp3) is 0.167. The first-order chi connectivity index (χ1) is 7.84. The average Bonchev–Trinajstić information content (AvgIpc) is 2.79. The molecule has 0 saturated heterocycles. The summed E-state index contributed by atoms with van der Waals surface area (Å²) < 4.78 is 1.87. The van der Waals surface area contributed by atoms with Crippen molar-refractivity contribution in [1.82, 2.24) is 14.8 Å². The number of nitrogens with zero attached hydrogens (tertiary/aromatic N) is 3. The molecule has 1 N–H and O–H groups in total. The number of hydrogen-bond donors (Lipinski definition) is 1. The summed E-state index contributed by atoms with van der Waals surface area (Å²) in [5, 5.41) is 7.44. The highest BCUT2D eigenvalue weighted by atomic mass is 15.4. The fourth-order valence-corrected chi connectivity index (χ4v) is 1.90. The second-order valence-corrected chi connectivity index (χ2v) is 3.84. The number of fused-ring (bicyclic) bond motifs is 1. The van der Waals surface area contributed by atoms with E-state index in [4.69, 9.17) is 0 Å². The molecule has 4 heteroatoms. The first-order valence-corrected chi connectivity index (χ1v) is 5.28. The zero-order valence-electron chi connectivity index (χ0n) is 8.96. The van der Waals surface area contributed by atoms with Crippen molar-refractivity contribution in [1.29, 1.82) is 0 Å². The van der Waals surface area contributed by atoms with Crippen LogP contribution >= 0.6 is 0 Å². The van der Waals surface area contributed by atoms with Gasteiger partial charge in [-0.3, -0.25) is 0 Å². The van der Waals surface area contributed by atoms with E-state index in [1.807, 2.05) is 22.9 Å². The summed E-state index contributed by atoms with van der Waals surface area (Å²) in [5.41, 5.74) is 2.26. The number of allylic oxidation sites excluding steroid dienone is 1. The second-order valence-electron chi connectivity index (χ2n) is 3.84. The van der Waals surface area contributed by atoms with Gasteiger partial charge in [-0.25, -0.2) is 4.68 Å². The van der Waals surface area contributed by atoms with Gasteiger partial charge in [0.05, 0.1) is 6.04 Å². The first kappa shape index (κ1) is 9.15. The lowest BCUT2D eigenvalue weighted by atomic mass is 10.1. The summed E-state index contributed by atoms with van der Waals surface area (Å²) in [5.74, 6) is 0.800. The molecule has 4 nitrogen and oxygen atoms in total. The molecule has 1 aliphatic heterocycles. The van der Waals surface area contributed by atoms with Crippen molar-refractivity contribution in [2.24, 2.45) is 0 Å². The summed E-state index contributed by atoms with van der Waals surface area (Å²) in [6.07, 6.45) is 3.72. The van der Waals surface area contributed by atoms with Crippen LogP contribution in [-0.4, -0.2) is 14.8 Å². The van der Waals surface area contributed by atoms with Gasteiger partial charge in [0.1, 0.15) is 6.33 Å². The van der Waals surface area contributed by atoms with Crippen LogP contribution in [0.5, 0.6) is 0 Å². The van der Waals surface area contributed by atoms with E-state index in [9.17, 15) is 0 Å². The van der Waals surface area contributed by atoms with Gasteiger partial charge in [-0.15, -0.1) is 0 Å². The lowest BCUT2D eigenvalue weighted by molar-refractivity contribution is 0.581. The van der Waals surface area contributed by atoms with Gasteiger partial charge in [0.25, 0.3) is 0 Å². The summed E-state index contributed by atoms with van der Waals surface area (Å²) in [6, 6.07) is 10.5. The van der Waals surface area contributed by atoms with Crippen LogP contribution in [0.25, 0.3) is 5.70 Å². The summed E-state index contributed by atoms with van der Waals surface area (Å²) >= 11 is 0. The first-order valence-electron chi connectivity index (χ1n) is 5.28. The topological polar surface area (TPSA) is 42.7 Å². The largest absolute Gasteiger partial charge is 0.324 e. The minimum atomic E-state index is 0.231. The zero-order valence-corrected chi connectivity index (χ0v) is 8.96. The monoisotopic (exact) mass is 212 g/mol. The van der Waals surface area contributed by atoms with Gasteiger partial charge in [-0.05, 0) is 18.6 Å². The molecule has 0 unspecified atom stereocenters. The molecule has 0 amide bonds. The molecule has 1 atom stereocenters. The van der Waals surface area contributed by atoms with Crippen molar-refractivity contribution in [3.63, 3.8) is 0 Å². The normalized spacial score (nSPS) is 18.6. The van der Waals surface area contributed by atoms with E-state index < -0.39 is 0 Å². The molecule has 0 radical (unpaired) electrons. The van der Waals surface area contributed by atoms with Crippen molar-refractivity contribution in [2.45, 2.75) is 13.0 Å². The summed E-state index contributed by atoms with van der Waals surface area (Å²) in [6.45, 7) is 2.10. The van der Waals surface area contributed by atoms with Crippen LogP contribution in [0.4, 0.5) is 5.95 Å². The fourth-order valence-electron chi connectivity index (χ4n) is 1.90. The highest BCUT2D eigenvalue weighted by Gasteiger charge is 2.17. The van der Waals surface area contributed by atoms with Gasteiger partial charge < -0.3 is 5.32 Å². The Balaban J connectivity index is 2.01. The molecule has 2 aromatic rings. The van der Waals surface area contributed by atoms with Crippen LogP contribution in [0.1, 0.15) is 18.5 Å². The van der Waals surface area contributed by atoms with Gasteiger partial charge in [-0.1, -0.05) is 30.3 Å². The number of aromatic nitrogens is 3. The maximum absolute atomic E-state index is 4.18. The molecule has 0 saturated carbocycles. The molecule has 3 rings (SSSR count). The third kappa shape index (κ3) is 1.39. The van der Waals surface area contributed by atoms with Crippen LogP contribution < -0.4 is 5.32 Å². The summed E-state index contributed by atoms with van der Waals surface area (Å²) in [7, 11) is 0. The predicted octanol–water partition coefficient (Wildman–Crippen LogP) is 2.31. The Morgan fingerprint density at radius 3 is 2.88 bits per heavy atom. The third-order valence-corrected chi connectivity index (χ3v) is 2.70. The molecular weight excluding hydrogens is 200 g/mol. The van der Waals surface area contributed by atoms with E-state index in [1.54, 1.807) is 6.33 Å². The van der Waals surface area contributed by atoms with E-state index >= 15 is 0 Å². The van der Waals surface area contributed by atoms with Crippen LogP contribution in [0.15, 0.2) is 42.7 Å². The molecule has 0 aliphatic carbocycles. The van der Waals surface area contributed by atoms with Gasteiger partial charge in [0, 0.05) is 5.70 Å². The lowest BCUT2D eigenvalue weighted by Gasteiger charge is -2.21. The lowest BCUT2D eigenvalue weighted by Crippen LogP contribution is -2.17. The number of benzene rings is 1. The maximum atomic E-state index is 4.18.